The minimum absolute atomic E-state index is 0.121. The minimum atomic E-state index is -0.494. The topological polar surface area (TPSA) is 38.0 Å². The first-order valence-corrected chi connectivity index (χ1v) is 8.89. The fourth-order valence-corrected chi connectivity index (χ4v) is 5.77. The maximum absolute atomic E-state index is 13.8. The zero-order valence-electron chi connectivity index (χ0n) is 11.4. The van der Waals surface area contributed by atoms with Gasteiger partial charge in [-0.15, -0.1) is 0 Å². The molecule has 1 saturated heterocycles. The van der Waals surface area contributed by atoms with Gasteiger partial charge in [-0.1, -0.05) is 13.0 Å². The van der Waals surface area contributed by atoms with E-state index in [1.54, 1.807) is 0 Å². The Hall–Kier alpha value is -0.300. The first kappa shape index (κ1) is 16.1. The van der Waals surface area contributed by atoms with Crippen LogP contribution in [-0.4, -0.2) is 28.0 Å². The van der Waals surface area contributed by atoms with E-state index in [4.69, 9.17) is 5.84 Å². The summed E-state index contributed by atoms with van der Waals surface area (Å²) < 4.78 is 27.5. The second-order valence-electron chi connectivity index (χ2n) is 4.83. The van der Waals surface area contributed by atoms with Crippen molar-refractivity contribution in [2.75, 3.05) is 11.5 Å². The standard InChI is InChI=1S/C14H20F2N2S2/c1-2-13-14(20-7-6-19-13)12(18-17)8-9-10(15)4-3-5-11(9)16/h3-5,12-14,18H,2,6-8,17H2,1H3. The number of rotatable bonds is 5. The molecule has 1 aromatic rings. The van der Waals surface area contributed by atoms with Crippen molar-refractivity contribution >= 4 is 23.5 Å². The molecule has 20 heavy (non-hydrogen) atoms. The number of thioether (sulfide) groups is 2. The monoisotopic (exact) mass is 318 g/mol. The molecule has 1 fully saturated rings. The molecule has 0 amide bonds. The number of halogens is 2. The normalized spacial score (nSPS) is 24.6. The molecular formula is C14H20F2N2S2. The van der Waals surface area contributed by atoms with Gasteiger partial charge < -0.3 is 0 Å². The van der Waals surface area contributed by atoms with Gasteiger partial charge in [0.25, 0.3) is 0 Å². The van der Waals surface area contributed by atoms with Crippen molar-refractivity contribution in [2.24, 2.45) is 5.84 Å². The highest BCUT2D eigenvalue weighted by Crippen LogP contribution is 2.36. The van der Waals surface area contributed by atoms with Gasteiger partial charge in [0.1, 0.15) is 11.6 Å². The van der Waals surface area contributed by atoms with Gasteiger partial charge in [0.15, 0.2) is 0 Å². The van der Waals surface area contributed by atoms with E-state index in [-0.39, 0.29) is 23.3 Å². The summed E-state index contributed by atoms with van der Waals surface area (Å²) >= 11 is 3.78. The molecule has 3 atom stereocenters. The molecule has 1 aromatic carbocycles. The summed E-state index contributed by atoms with van der Waals surface area (Å²) in [6, 6.07) is 3.86. The summed E-state index contributed by atoms with van der Waals surface area (Å²) in [5, 5.41) is 0.757. The zero-order valence-corrected chi connectivity index (χ0v) is 13.1. The maximum Gasteiger partial charge on any atom is 0.129 e. The van der Waals surface area contributed by atoms with E-state index in [1.165, 1.54) is 18.2 Å². The Kier molecular flexibility index (Phi) is 6.14. The number of hydrogen-bond acceptors (Lipinski definition) is 4. The van der Waals surface area contributed by atoms with Crippen LogP contribution in [0.3, 0.4) is 0 Å². The van der Waals surface area contributed by atoms with Gasteiger partial charge >= 0.3 is 0 Å². The molecule has 1 heterocycles. The Balaban J connectivity index is 2.15. The SMILES string of the molecule is CCC1SCCSC1C(Cc1c(F)cccc1F)NN. The van der Waals surface area contributed by atoms with Gasteiger partial charge in [0.05, 0.1) is 0 Å². The first-order valence-electron chi connectivity index (χ1n) is 6.79. The average molecular weight is 318 g/mol. The molecule has 0 spiro atoms. The molecular weight excluding hydrogens is 298 g/mol. The van der Waals surface area contributed by atoms with E-state index in [0.717, 1.165) is 17.9 Å². The molecule has 0 aromatic heterocycles. The van der Waals surface area contributed by atoms with Gasteiger partial charge in [0, 0.05) is 33.6 Å². The van der Waals surface area contributed by atoms with Gasteiger partial charge in [-0.05, 0) is 25.0 Å². The molecule has 1 aliphatic heterocycles. The van der Waals surface area contributed by atoms with Crippen molar-refractivity contribution in [3.8, 4) is 0 Å². The summed E-state index contributed by atoms with van der Waals surface area (Å²) in [7, 11) is 0. The largest absolute Gasteiger partial charge is 0.271 e. The Bertz CT molecular complexity index is 425. The number of nitrogens with one attached hydrogen (secondary N) is 1. The lowest BCUT2D eigenvalue weighted by molar-refractivity contribution is 0.464. The summed E-state index contributed by atoms with van der Waals surface area (Å²) in [4.78, 5) is 0. The van der Waals surface area contributed by atoms with Crippen molar-refractivity contribution in [2.45, 2.75) is 36.3 Å². The fraction of sp³-hybridized carbons (Fsp3) is 0.571. The number of benzene rings is 1. The Morgan fingerprint density at radius 3 is 2.55 bits per heavy atom. The lowest BCUT2D eigenvalue weighted by atomic mass is 10.00. The van der Waals surface area contributed by atoms with Crippen LogP contribution in [0.25, 0.3) is 0 Å². The van der Waals surface area contributed by atoms with Crippen molar-refractivity contribution in [1.29, 1.82) is 0 Å². The fourth-order valence-electron chi connectivity index (χ4n) is 2.53. The molecule has 1 aliphatic rings. The highest BCUT2D eigenvalue weighted by Gasteiger charge is 2.32. The Morgan fingerprint density at radius 1 is 1.30 bits per heavy atom. The predicted molar refractivity (Wildman–Crippen MR) is 84.0 cm³/mol. The molecule has 0 bridgehead atoms. The molecule has 112 valence electrons. The number of nitrogens with two attached hydrogens (primary N) is 1. The second kappa shape index (κ2) is 7.64. The zero-order chi connectivity index (χ0) is 14.5. The Morgan fingerprint density at radius 2 is 1.95 bits per heavy atom. The number of hydrazine groups is 1. The van der Waals surface area contributed by atoms with Crippen LogP contribution in [-0.2, 0) is 6.42 Å². The van der Waals surface area contributed by atoms with Crippen molar-refractivity contribution in [3.05, 3.63) is 35.4 Å². The molecule has 2 nitrogen and oxygen atoms in total. The van der Waals surface area contributed by atoms with E-state index in [1.807, 2.05) is 23.5 Å². The van der Waals surface area contributed by atoms with Gasteiger partial charge in [-0.3, -0.25) is 11.3 Å². The molecule has 6 heteroatoms. The highest BCUT2D eigenvalue weighted by atomic mass is 32.2. The second-order valence-corrected chi connectivity index (χ2v) is 7.46. The summed E-state index contributed by atoms with van der Waals surface area (Å²) in [5.74, 6) is 6.85. The van der Waals surface area contributed by atoms with Crippen LogP contribution in [0.2, 0.25) is 0 Å². The van der Waals surface area contributed by atoms with Crippen LogP contribution in [0, 0.1) is 11.6 Å². The lowest BCUT2D eigenvalue weighted by Gasteiger charge is -2.35. The molecule has 0 aliphatic carbocycles. The lowest BCUT2D eigenvalue weighted by Crippen LogP contribution is -2.49. The summed E-state index contributed by atoms with van der Waals surface area (Å²) in [5.41, 5.74) is 2.90. The summed E-state index contributed by atoms with van der Waals surface area (Å²) in [6.45, 7) is 2.15. The van der Waals surface area contributed by atoms with E-state index < -0.39 is 11.6 Å². The first-order chi connectivity index (χ1) is 9.67. The molecule has 3 N–H and O–H groups in total. The van der Waals surface area contributed by atoms with Crippen LogP contribution < -0.4 is 11.3 Å². The molecule has 3 unspecified atom stereocenters. The quantitative estimate of drug-likeness (QED) is 0.647. The van der Waals surface area contributed by atoms with Crippen molar-refractivity contribution in [3.63, 3.8) is 0 Å². The van der Waals surface area contributed by atoms with Gasteiger partial charge in [0.2, 0.25) is 0 Å². The Labute approximate surface area is 127 Å². The van der Waals surface area contributed by atoms with Crippen LogP contribution in [0.4, 0.5) is 8.78 Å². The molecule has 2 rings (SSSR count). The minimum Gasteiger partial charge on any atom is -0.271 e. The van der Waals surface area contributed by atoms with Crippen LogP contribution >= 0.6 is 23.5 Å². The van der Waals surface area contributed by atoms with Gasteiger partial charge in [-0.2, -0.15) is 23.5 Å². The van der Waals surface area contributed by atoms with Crippen molar-refractivity contribution in [1.82, 2.24) is 5.43 Å². The smallest absolute Gasteiger partial charge is 0.129 e. The van der Waals surface area contributed by atoms with Crippen LogP contribution in [0.5, 0.6) is 0 Å². The van der Waals surface area contributed by atoms with E-state index in [2.05, 4.69) is 12.3 Å². The number of hydrogen-bond donors (Lipinski definition) is 2. The highest BCUT2D eigenvalue weighted by molar-refractivity contribution is 8.07. The van der Waals surface area contributed by atoms with E-state index in [9.17, 15) is 8.78 Å². The maximum atomic E-state index is 13.8. The van der Waals surface area contributed by atoms with Crippen molar-refractivity contribution < 1.29 is 8.78 Å². The summed E-state index contributed by atoms with van der Waals surface area (Å²) in [6.07, 6.45) is 1.32. The molecule has 0 radical (unpaired) electrons. The van der Waals surface area contributed by atoms with Crippen LogP contribution in [0.15, 0.2) is 18.2 Å². The van der Waals surface area contributed by atoms with E-state index >= 15 is 0 Å². The van der Waals surface area contributed by atoms with Crippen LogP contribution in [0.1, 0.15) is 18.9 Å². The third-order valence-corrected chi connectivity index (χ3v) is 7.00. The van der Waals surface area contributed by atoms with Gasteiger partial charge in [-0.25, -0.2) is 8.78 Å². The third-order valence-electron chi connectivity index (χ3n) is 3.59. The average Bonchev–Trinajstić information content (AvgIpc) is 2.47. The van der Waals surface area contributed by atoms with E-state index in [0.29, 0.717) is 5.25 Å². The predicted octanol–water partition coefficient (Wildman–Crippen LogP) is 2.97. The third kappa shape index (κ3) is 3.67. The molecule has 0 saturated carbocycles.